The zero-order chi connectivity index (χ0) is 13.1. The molecular weight excluding hydrogens is 213 g/mol. The van der Waals surface area contributed by atoms with E-state index in [1.807, 2.05) is 0 Å². The summed E-state index contributed by atoms with van der Waals surface area (Å²) < 4.78 is 18.7. The fourth-order valence-electron chi connectivity index (χ4n) is 1.16. The van der Waals surface area contributed by atoms with Crippen molar-refractivity contribution in [2.24, 2.45) is 0 Å². The van der Waals surface area contributed by atoms with E-state index in [0.717, 1.165) is 4.90 Å². The predicted octanol–water partition coefficient (Wildman–Crippen LogP) is 2.17. The molecule has 0 radical (unpaired) electrons. The Kier molecular flexibility index (Phi) is 4.46. The van der Waals surface area contributed by atoms with Gasteiger partial charge in [-0.2, -0.15) is 0 Å². The second-order valence-corrected chi connectivity index (χ2v) is 5.24. The zero-order valence-electron chi connectivity index (χ0n) is 10.7. The third-order valence-corrected chi connectivity index (χ3v) is 1.93. The summed E-state index contributed by atoms with van der Waals surface area (Å²) in [6, 6.07) is -1.15. The molecule has 0 rings (SSSR count). The number of aldehydes is 1. The highest BCUT2D eigenvalue weighted by Gasteiger charge is 2.36. The molecule has 16 heavy (non-hydrogen) atoms. The van der Waals surface area contributed by atoms with E-state index in [4.69, 9.17) is 4.74 Å². The van der Waals surface area contributed by atoms with E-state index < -0.39 is 23.4 Å². The molecule has 0 aromatic rings. The number of halogens is 1. The Morgan fingerprint density at radius 2 is 1.75 bits per heavy atom. The minimum Gasteiger partial charge on any atom is -0.444 e. The fourth-order valence-corrected chi connectivity index (χ4v) is 1.16. The van der Waals surface area contributed by atoms with Crippen molar-refractivity contribution < 1.29 is 18.7 Å². The molecule has 0 aliphatic rings. The number of rotatable bonds is 3. The number of hydrogen-bond acceptors (Lipinski definition) is 3. The number of alkyl halides is 1. The lowest BCUT2D eigenvalue weighted by Gasteiger charge is -2.32. The van der Waals surface area contributed by atoms with Gasteiger partial charge in [-0.3, -0.25) is 4.90 Å². The molecule has 1 amide bonds. The normalized spacial score (nSPS) is 14.2. The third-order valence-electron chi connectivity index (χ3n) is 1.93. The summed E-state index contributed by atoms with van der Waals surface area (Å²) in [7, 11) is 1.34. The monoisotopic (exact) mass is 233 g/mol. The van der Waals surface area contributed by atoms with E-state index in [2.05, 4.69) is 0 Å². The Labute approximate surface area is 95.8 Å². The van der Waals surface area contributed by atoms with Gasteiger partial charge < -0.3 is 9.53 Å². The highest BCUT2D eigenvalue weighted by Crippen LogP contribution is 2.19. The Morgan fingerprint density at radius 3 is 2.00 bits per heavy atom. The number of ether oxygens (including phenoxy) is 1. The van der Waals surface area contributed by atoms with Crippen LogP contribution < -0.4 is 0 Å². The molecule has 1 atom stereocenters. The van der Waals surface area contributed by atoms with Gasteiger partial charge in [0.2, 0.25) is 0 Å². The van der Waals surface area contributed by atoms with E-state index in [-0.39, 0.29) is 0 Å². The second-order valence-electron chi connectivity index (χ2n) is 5.24. The molecule has 0 spiro atoms. The second kappa shape index (κ2) is 4.80. The standard InChI is InChI=1S/C11H20FNO3/c1-10(2,3)16-9(15)13(6)8(7-14)11(4,5)12/h7-8H,1-6H3. The summed E-state index contributed by atoms with van der Waals surface area (Å²) in [5.74, 6) is 0. The van der Waals surface area contributed by atoms with Crippen LogP contribution >= 0.6 is 0 Å². The van der Waals surface area contributed by atoms with Gasteiger partial charge in [0.1, 0.15) is 23.6 Å². The first-order valence-electron chi connectivity index (χ1n) is 5.09. The first-order valence-corrected chi connectivity index (χ1v) is 5.09. The summed E-state index contributed by atoms with van der Waals surface area (Å²) >= 11 is 0. The molecule has 1 unspecified atom stereocenters. The molecule has 0 aliphatic heterocycles. The maximum atomic E-state index is 13.6. The van der Waals surface area contributed by atoms with E-state index in [9.17, 15) is 14.0 Å². The number of amides is 1. The van der Waals surface area contributed by atoms with Crippen LogP contribution in [-0.4, -0.2) is 41.6 Å². The van der Waals surface area contributed by atoms with Crippen LogP contribution in [0.2, 0.25) is 0 Å². The van der Waals surface area contributed by atoms with Crippen molar-refractivity contribution in [3.63, 3.8) is 0 Å². The average molecular weight is 233 g/mol. The minimum absolute atomic E-state index is 0.407. The fraction of sp³-hybridized carbons (Fsp3) is 0.818. The Morgan fingerprint density at radius 1 is 1.31 bits per heavy atom. The SMILES string of the molecule is CN(C(=O)OC(C)(C)C)C(C=O)C(C)(C)F. The van der Waals surface area contributed by atoms with Gasteiger partial charge in [-0.15, -0.1) is 0 Å². The van der Waals surface area contributed by atoms with E-state index in [1.165, 1.54) is 20.9 Å². The van der Waals surface area contributed by atoms with Gasteiger partial charge in [0.15, 0.2) is 0 Å². The lowest BCUT2D eigenvalue weighted by molar-refractivity contribution is -0.116. The molecule has 0 aromatic heterocycles. The van der Waals surface area contributed by atoms with Gasteiger partial charge in [-0.25, -0.2) is 9.18 Å². The number of nitrogens with zero attached hydrogens (tertiary/aromatic N) is 1. The molecule has 0 N–H and O–H groups in total. The molecule has 0 heterocycles. The van der Waals surface area contributed by atoms with Crippen LogP contribution in [0.3, 0.4) is 0 Å². The van der Waals surface area contributed by atoms with Crippen LogP contribution in [0.25, 0.3) is 0 Å². The molecule has 4 nitrogen and oxygen atoms in total. The first-order chi connectivity index (χ1) is 6.99. The average Bonchev–Trinajstić information content (AvgIpc) is 1.99. The van der Waals surface area contributed by atoms with Crippen molar-refractivity contribution in [1.82, 2.24) is 4.90 Å². The molecule has 0 bridgehead atoms. The van der Waals surface area contributed by atoms with Gasteiger partial charge in [0, 0.05) is 7.05 Å². The summed E-state index contributed by atoms with van der Waals surface area (Å²) in [4.78, 5) is 23.3. The highest BCUT2D eigenvalue weighted by molar-refractivity contribution is 5.74. The Balaban J connectivity index is 4.71. The van der Waals surface area contributed by atoms with Crippen LogP contribution in [-0.2, 0) is 9.53 Å². The zero-order valence-corrected chi connectivity index (χ0v) is 10.7. The van der Waals surface area contributed by atoms with Crippen LogP contribution in [0.15, 0.2) is 0 Å². The van der Waals surface area contributed by atoms with Gasteiger partial charge in [0.05, 0.1) is 0 Å². The van der Waals surface area contributed by atoms with Crippen molar-refractivity contribution in [2.75, 3.05) is 7.05 Å². The van der Waals surface area contributed by atoms with Crippen LogP contribution in [0.5, 0.6) is 0 Å². The van der Waals surface area contributed by atoms with Crippen molar-refractivity contribution in [2.45, 2.75) is 51.9 Å². The van der Waals surface area contributed by atoms with E-state index >= 15 is 0 Å². The van der Waals surface area contributed by atoms with Gasteiger partial charge in [-0.05, 0) is 34.6 Å². The van der Waals surface area contributed by atoms with E-state index in [0.29, 0.717) is 6.29 Å². The smallest absolute Gasteiger partial charge is 0.410 e. The molecule has 0 saturated heterocycles. The molecule has 0 fully saturated rings. The molecule has 5 heteroatoms. The van der Waals surface area contributed by atoms with Crippen LogP contribution in [0.1, 0.15) is 34.6 Å². The van der Waals surface area contributed by atoms with Crippen molar-refractivity contribution >= 4 is 12.4 Å². The lowest BCUT2D eigenvalue weighted by atomic mass is 10.0. The number of likely N-dealkylation sites (N-methyl/N-ethyl adjacent to an activating group) is 1. The predicted molar refractivity (Wildman–Crippen MR) is 59.0 cm³/mol. The molecule has 0 aromatic carbocycles. The topological polar surface area (TPSA) is 46.6 Å². The van der Waals surface area contributed by atoms with Crippen molar-refractivity contribution in [3.05, 3.63) is 0 Å². The third kappa shape index (κ3) is 4.59. The maximum Gasteiger partial charge on any atom is 0.410 e. The van der Waals surface area contributed by atoms with Crippen molar-refractivity contribution in [3.8, 4) is 0 Å². The van der Waals surface area contributed by atoms with Gasteiger partial charge >= 0.3 is 6.09 Å². The minimum atomic E-state index is -1.80. The largest absolute Gasteiger partial charge is 0.444 e. The highest BCUT2D eigenvalue weighted by atomic mass is 19.1. The molecule has 0 saturated carbocycles. The molecule has 0 aliphatic carbocycles. The van der Waals surface area contributed by atoms with Gasteiger partial charge in [0.25, 0.3) is 0 Å². The first kappa shape index (κ1) is 14.9. The van der Waals surface area contributed by atoms with Crippen LogP contribution in [0.4, 0.5) is 9.18 Å². The van der Waals surface area contributed by atoms with Crippen LogP contribution in [0, 0.1) is 0 Å². The summed E-state index contributed by atoms with van der Waals surface area (Å²) in [6.45, 7) is 7.60. The quantitative estimate of drug-likeness (QED) is 0.702. The maximum absolute atomic E-state index is 13.6. The number of hydrogen-bond donors (Lipinski definition) is 0. The number of carbonyl (C=O) groups is 2. The van der Waals surface area contributed by atoms with E-state index in [1.54, 1.807) is 20.8 Å². The van der Waals surface area contributed by atoms with Gasteiger partial charge in [-0.1, -0.05) is 0 Å². The number of carbonyl (C=O) groups excluding carboxylic acids is 2. The van der Waals surface area contributed by atoms with Crippen molar-refractivity contribution in [1.29, 1.82) is 0 Å². The summed E-state index contributed by atoms with van der Waals surface area (Å²) in [6.07, 6.45) is -0.306. The summed E-state index contributed by atoms with van der Waals surface area (Å²) in [5.41, 5.74) is -2.47. The molecule has 94 valence electrons. The Bertz CT molecular complexity index is 265. The molecular formula is C11H20FNO3. The lowest BCUT2D eigenvalue weighted by Crippen LogP contribution is -2.50. The Hall–Kier alpha value is -1.13. The summed E-state index contributed by atoms with van der Waals surface area (Å²) in [5, 5.41) is 0.